The Hall–Kier alpha value is -1.63. The van der Waals surface area contributed by atoms with E-state index < -0.39 is 6.10 Å². The first-order valence-electron chi connectivity index (χ1n) is 7.48. The number of carbonyl (C=O) groups excluding carboxylic acids is 1. The smallest absolute Gasteiger partial charge is 0.337 e. The Kier molecular flexibility index (Phi) is 6.18. The van der Waals surface area contributed by atoms with Crippen LogP contribution in [0.3, 0.4) is 0 Å². The molecule has 22 heavy (non-hydrogen) atoms. The van der Waals surface area contributed by atoms with E-state index in [1.54, 1.807) is 24.3 Å². The van der Waals surface area contributed by atoms with Crippen molar-refractivity contribution in [2.24, 2.45) is 0 Å². The number of nitrogens with zero attached hydrogens (tertiary/aromatic N) is 2. The molecule has 1 saturated heterocycles. The normalized spacial score (nSPS) is 18.0. The van der Waals surface area contributed by atoms with Gasteiger partial charge in [0.1, 0.15) is 18.5 Å². The third-order valence-corrected chi connectivity index (χ3v) is 3.78. The SMILES string of the molecule is COC(=O)c1ccc(OC[C@@H](O)CN2CCN(C)CC2)cc1. The third kappa shape index (κ3) is 4.98. The average molecular weight is 308 g/mol. The van der Waals surface area contributed by atoms with Crippen molar-refractivity contribution in [1.82, 2.24) is 9.80 Å². The molecule has 0 unspecified atom stereocenters. The predicted molar refractivity (Wildman–Crippen MR) is 83.2 cm³/mol. The molecule has 1 aliphatic rings. The van der Waals surface area contributed by atoms with Crippen molar-refractivity contribution in [3.63, 3.8) is 0 Å². The van der Waals surface area contributed by atoms with Gasteiger partial charge >= 0.3 is 5.97 Å². The Bertz CT molecular complexity index is 470. The molecule has 1 fully saturated rings. The first kappa shape index (κ1) is 16.7. The van der Waals surface area contributed by atoms with Crippen LogP contribution in [0.1, 0.15) is 10.4 Å². The van der Waals surface area contributed by atoms with Gasteiger partial charge in [-0.05, 0) is 31.3 Å². The second kappa shape index (κ2) is 8.12. The number of ether oxygens (including phenoxy) is 2. The number of rotatable bonds is 6. The van der Waals surface area contributed by atoms with Crippen LogP contribution in [0.5, 0.6) is 5.75 Å². The minimum atomic E-state index is -0.524. The molecule has 0 bridgehead atoms. The number of likely N-dealkylation sites (N-methyl/N-ethyl adjacent to an activating group) is 1. The second-order valence-corrected chi connectivity index (χ2v) is 5.58. The van der Waals surface area contributed by atoms with E-state index in [0.717, 1.165) is 26.2 Å². The first-order chi connectivity index (χ1) is 10.6. The molecule has 122 valence electrons. The van der Waals surface area contributed by atoms with Crippen LogP contribution in [-0.4, -0.2) is 80.5 Å². The van der Waals surface area contributed by atoms with Gasteiger partial charge < -0.3 is 19.5 Å². The molecule has 6 nitrogen and oxygen atoms in total. The Morgan fingerprint density at radius 1 is 1.23 bits per heavy atom. The predicted octanol–water partition coefficient (Wildman–Crippen LogP) is 0.460. The maximum absolute atomic E-state index is 11.3. The highest BCUT2D eigenvalue weighted by Crippen LogP contribution is 2.13. The molecular formula is C16H24N2O4. The van der Waals surface area contributed by atoms with Crippen molar-refractivity contribution in [3.05, 3.63) is 29.8 Å². The van der Waals surface area contributed by atoms with E-state index in [2.05, 4.69) is 21.6 Å². The van der Waals surface area contributed by atoms with Gasteiger partial charge in [0.05, 0.1) is 12.7 Å². The zero-order chi connectivity index (χ0) is 15.9. The van der Waals surface area contributed by atoms with Crippen LogP contribution < -0.4 is 4.74 Å². The lowest BCUT2D eigenvalue weighted by molar-refractivity contribution is 0.0504. The Balaban J connectivity index is 1.74. The van der Waals surface area contributed by atoms with E-state index in [0.29, 0.717) is 17.9 Å². The van der Waals surface area contributed by atoms with Crippen LogP contribution in [-0.2, 0) is 4.74 Å². The standard InChI is InChI=1S/C16H24N2O4/c1-17-7-9-18(10-8-17)11-14(19)12-22-15-5-3-13(4-6-15)16(20)21-2/h3-6,14,19H,7-12H2,1-2H3/t14-/m0/s1. The molecule has 0 aliphatic carbocycles. The molecule has 1 heterocycles. The number of esters is 1. The fourth-order valence-corrected chi connectivity index (χ4v) is 2.38. The van der Waals surface area contributed by atoms with Gasteiger partial charge in [0.25, 0.3) is 0 Å². The van der Waals surface area contributed by atoms with Crippen molar-refractivity contribution in [2.45, 2.75) is 6.10 Å². The van der Waals surface area contributed by atoms with Crippen molar-refractivity contribution in [3.8, 4) is 5.75 Å². The number of hydrogen-bond donors (Lipinski definition) is 1. The molecule has 1 aliphatic heterocycles. The lowest BCUT2D eigenvalue weighted by atomic mass is 10.2. The molecular weight excluding hydrogens is 284 g/mol. The monoisotopic (exact) mass is 308 g/mol. The van der Waals surface area contributed by atoms with E-state index in [1.807, 2.05) is 0 Å². The summed E-state index contributed by atoms with van der Waals surface area (Å²) in [6, 6.07) is 6.70. The summed E-state index contributed by atoms with van der Waals surface area (Å²) < 4.78 is 10.2. The van der Waals surface area contributed by atoms with Gasteiger partial charge in [0, 0.05) is 32.7 Å². The molecule has 0 saturated carbocycles. The number of aliphatic hydroxyl groups excluding tert-OH is 1. The Morgan fingerprint density at radius 2 is 1.86 bits per heavy atom. The summed E-state index contributed by atoms with van der Waals surface area (Å²) in [5.41, 5.74) is 0.479. The van der Waals surface area contributed by atoms with Crippen LogP contribution in [0.15, 0.2) is 24.3 Å². The number of aliphatic hydroxyl groups is 1. The summed E-state index contributed by atoms with van der Waals surface area (Å²) in [5, 5.41) is 10.1. The highest BCUT2D eigenvalue weighted by Gasteiger charge is 2.17. The summed E-state index contributed by atoms with van der Waals surface area (Å²) in [6.45, 7) is 4.87. The summed E-state index contributed by atoms with van der Waals surface area (Å²) in [4.78, 5) is 15.8. The number of carbonyl (C=O) groups is 1. The molecule has 0 aromatic heterocycles. The molecule has 1 atom stereocenters. The van der Waals surface area contributed by atoms with Gasteiger partial charge in [-0.1, -0.05) is 0 Å². The molecule has 0 radical (unpaired) electrons. The van der Waals surface area contributed by atoms with Crippen molar-refractivity contribution < 1.29 is 19.4 Å². The zero-order valence-corrected chi connectivity index (χ0v) is 13.2. The first-order valence-corrected chi connectivity index (χ1v) is 7.48. The minimum Gasteiger partial charge on any atom is -0.491 e. The molecule has 1 aromatic carbocycles. The van der Waals surface area contributed by atoms with Crippen molar-refractivity contribution in [2.75, 3.05) is 53.5 Å². The molecule has 1 N–H and O–H groups in total. The van der Waals surface area contributed by atoms with Gasteiger partial charge in [-0.25, -0.2) is 4.79 Å². The van der Waals surface area contributed by atoms with Gasteiger partial charge in [0.15, 0.2) is 0 Å². The largest absolute Gasteiger partial charge is 0.491 e. The van der Waals surface area contributed by atoms with E-state index in [4.69, 9.17) is 4.74 Å². The lowest BCUT2D eigenvalue weighted by Gasteiger charge is -2.33. The highest BCUT2D eigenvalue weighted by molar-refractivity contribution is 5.89. The molecule has 1 aromatic rings. The number of hydrogen-bond acceptors (Lipinski definition) is 6. The number of methoxy groups -OCH3 is 1. The number of benzene rings is 1. The topological polar surface area (TPSA) is 62.2 Å². The molecule has 0 spiro atoms. The van der Waals surface area contributed by atoms with E-state index in [1.165, 1.54) is 7.11 Å². The Morgan fingerprint density at radius 3 is 2.45 bits per heavy atom. The minimum absolute atomic E-state index is 0.240. The van der Waals surface area contributed by atoms with Gasteiger partial charge in [-0.3, -0.25) is 4.90 Å². The fourth-order valence-electron chi connectivity index (χ4n) is 2.38. The van der Waals surface area contributed by atoms with Gasteiger partial charge in [-0.15, -0.1) is 0 Å². The van der Waals surface area contributed by atoms with Crippen LogP contribution in [0.4, 0.5) is 0 Å². The third-order valence-electron chi connectivity index (χ3n) is 3.78. The summed E-state index contributed by atoms with van der Waals surface area (Å²) in [6.07, 6.45) is -0.524. The van der Waals surface area contributed by atoms with E-state index in [9.17, 15) is 9.90 Å². The maximum Gasteiger partial charge on any atom is 0.337 e. The van der Waals surface area contributed by atoms with Gasteiger partial charge in [0.2, 0.25) is 0 Å². The molecule has 0 amide bonds. The highest BCUT2D eigenvalue weighted by atomic mass is 16.5. The van der Waals surface area contributed by atoms with Crippen molar-refractivity contribution >= 4 is 5.97 Å². The van der Waals surface area contributed by atoms with Crippen LogP contribution in [0.2, 0.25) is 0 Å². The Labute approximate surface area is 131 Å². The van der Waals surface area contributed by atoms with Crippen LogP contribution in [0, 0.1) is 0 Å². The summed E-state index contributed by atoms with van der Waals surface area (Å²) >= 11 is 0. The van der Waals surface area contributed by atoms with E-state index in [-0.39, 0.29) is 12.6 Å². The van der Waals surface area contributed by atoms with Crippen LogP contribution >= 0.6 is 0 Å². The second-order valence-electron chi connectivity index (χ2n) is 5.58. The van der Waals surface area contributed by atoms with E-state index >= 15 is 0 Å². The lowest BCUT2D eigenvalue weighted by Crippen LogP contribution is -2.47. The fraction of sp³-hybridized carbons (Fsp3) is 0.562. The molecule has 2 rings (SSSR count). The quantitative estimate of drug-likeness (QED) is 0.771. The maximum atomic E-state index is 11.3. The average Bonchev–Trinajstić information content (AvgIpc) is 2.55. The van der Waals surface area contributed by atoms with Crippen LogP contribution in [0.25, 0.3) is 0 Å². The van der Waals surface area contributed by atoms with Crippen molar-refractivity contribution in [1.29, 1.82) is 0 Å². The zero-order valence-electron chi connectivity index (χ0n) is 13.2. The van der Waals surface area contributed by atoms with Gasteiger partial charge in [-0.2, -0.15) is 0 Å². The number of piperazine rings is 1. The molecule has 6 heteroatoms. The number of β-amino-alcohol motifs (C(OH)–C–C–N with tert-alkyl or cyclic N) is 1. The summed E-state index contributed by atoms with van der Waals surface area (Å²) in [5.74, 6) is 0.256. The summed E-state index contributed by atoms with van der Waals surface area (Å²) in [7, 11) is 3.45.